The van der Waals surface area contributed by atoms with Crippen molar-refractivity contribution in [1.29, 1.82) is 0 Å². The monoisotopic (exact) mass is 637 g/mol. The Labute approximate surface area is 293 Å². The van der Waals surface area contributed by atoms with Crippen molar-refractivity contribution in [2.75, 3.05) is 0 Å². The zero-order chi connectivity index (χ0) is 33.3. The van der Waals surface area contributed by atoms with Crippen LogP contribution in [0.2, 0.25) is 0 Å². The lowest BCUT2D eigenvalue weighted by Gasteiger charge is -2.11. The molecule has 8 aromatic carbocycles. The van der Waals surface area contributed by atoms with E-state index < -0.39 is 0 Å². The van der Waals surface area contributed by atoms with Gasteiger partial charge in [-0.15, -0.1) is 0 Å². The van der Waals surface area contributed by atoms with Gasteiger partial charge in [-0.3, -0.25) is 0 Å². The van der Waals surface area contributed by atoms with Crippen LogP contribution in [0.25, 0.3) is 72.0 Å². The highest BCUT2D eigenvalue weighted by atomic mass is 15.0. The Morgan fingerprint density at radius 3 is 1.44 bits per heavy atom. The SMILES string of the molecule is c1ccc(-c2ccc(Cc3cccc(-c4cccc(-c5cccc(-c6ccc7c(c6)c6ccccc6n7-c6ccccc6)c5)c4)c3)cc2)cc1. The summed E-state index contributed by atoms with van der Waals surface area (Å²) < 4.78 is 2.37. The van der Waals surface area contributed by atoms with Crippen molar-refractivity contribution in [3.05, 3.63) is 211 Å². The predicted octanol–water partition coefficient (Wildman–Crippen LogP) is 13.0. The Bertz CT molecular complexity index is 2590. The molecule has 9 aromatic rings. The first-order valence-electron chi connectivity index (χ1n) is 17.3. The van der Waals surface area contributed by atoms with Crippen molar-refractivity contribution < 1.29 is 0 Å². The number of benzene rings is 8. The van der Waals surface area contributed by atoms with E-state index in [-0.39, 0.29) is 0 Å². The van der Waals surface area contributed by atoms with Gasteiger partial charge in [0.15, 0.2) is 0 Å². The van der Waals surface area contributed by atoms with Crippen LogP contribution in [0.5, 0.6) is 0 Å². The largest absolute Gasteiger partial charge is 0.309 e. The van der Waals surface area contributed by atoms with E-state index in [9.17, 15) is 0 Å². The van der Waals surface area contributed by atoms with Gasteiger partial charge in [0.2, 0.25) is 0 Å². The molecule has 0 unspecified atom stereocenters. The molecule has 1 heterocycles. The van der Waals surface area contributed by atoms with Gasteiger partial charge in [0, 0.05) is 16.5 Å². The molecule has 0 atom stereocenters. The van der Waals surface area contributed by atoms with Crippen LogP contribution in [0, 0.1) is 0 Å². The molecular weight excluding hydrogens is 603 g/mol. The predicted molar refractivity (Wildman–Crippen MR) is 212 cm³/mol. The maximum atomic E-state index is 2.37. The van der Waals surface area contributed by atoms with E-state index in [4.69, 9.17) is 0 Å². The molecule has 1 aromatic heterocycles. The zero-order valence-electron chi connectivity index (χ0n) is 27.7. The summed E-state index contributed by atoms with van der Waals surface area (Å²) >= 11 is 0. The Morgan fingerprint density at radius 1 is 0.280 bits per heavy atom. The van der Waals surface area contributed by atoms with E-state index in [1.807, 2.05) is 0 Å². The van der Waals surface area contributed by atoms with E-state index in [1.165, 1.54) is 83.1 Å². The number of hydrogen-bond donors (Lipinski definition) is 0. The number of aromatic nitrogens is 1. The molecule has 0 saturated carbocycles. The molecule has 0 N–H and O–H groups in total. The summed E-state index contributed by atoms with van der Waals surface area (Å²) in [6, 6.07) is 72.6. The van der Waals surface area contributed by atoms with E-state index in [0.29, 0.717) is 0 Å². The van der Waals surface area contributed by atoms with Crippen LogP contribution in [0.4, 0.5) is 0 Å². The molecule has 0 amide bonds. The second-order valence-electron chi connectivity index (χ2n) is 13.0. The van der Waals surface area contributed by atoms with Gasteiger partial charge in [0.05, 0.1) is 11.0 Å². The van der Waals surface area contributed by atoms with E-state index in [1.54, 1.807) is 0 Å². The summed E-state index contributed by atoms with van der Waals surface area (Å²) in [6.45, 7) is 0. The number of nitrogens with zero attached hydrogens (tertiary/aromatic N) is 1. The lowest BCUT2D eigenvalue weighted by atomic mass is 9.94. The molecule has 0 saturated heterocycles. The van der Waals surface area contributed by atoms with Gasteiger partial charge in [-0.1, -0.05) is 158 Å². The number of rotatable bonds is 7. The lowest BCUT2D eigenvalue weighted by Crippen LogP contribution is -1.92. The molecule has 1 heteroatoms. The molecule has 0 fully saturated rings. The average Bonchev–Trinajstić information content (AvgIpc) is 3.53. The molecule has 0 aliphatic heterocycles. The van der Waals surface area contributed by atoms with Gasteiger partial charge >= 0.3 is 0 Å². The third kappa shape index (κ3) is 5.70. The van der Waals surface area contributed by atoms with Crippen LogP contribution < -0.4 is 0 Å². The van der Waals surface area contributed by atoms with Gasteiger partial charge in [-0.2, -0.15) is 0 Å². The molecule has 1 nitrogen and oxygen atoms in total. The van der Waals surface area contributed by atoms with Gasteiger partial charge in [-0.25, -0.2) is 0 Å². The molecular formula is C49H35N. The molecule has 0 radical (unpaired) electrons. The van der Waals surface area contributed by atoms with Crippen molar-refractivity contribution >= 4 is 21.8 Å². The minimum absolute atomic E-state index is 0.902. The standard InChI is InChI=1S/C49H35N/c1-3-13-37(14-4-1)38-26-24-35(25-27-38)30-36-12-9-15-39(31-36)40-16-10-17-41(32-40)42-18-11-19-43(33-42)44-28-29-49-47(34-44)46-22-7-8-23-48(46)50(49)45-20-5-2-6-21-45/h1-29,31-34H,30H2. The fourth-order valence-corrected chi connectivity index (χ4v) is 7.31. The highest BCUT2D eigenvalue weighted by molar-refractivity contribution is 6.10. The molecule has 0 spiro atoms. The minimum atomic E-state index is 0.902. The van der Waals surface area contributed by atoms with Crippen molar-refractivity contribution in [1.82, 2.24) is 4.57 Å². The Balaban J connectivity index is 1.01. The van der Waals surface area contributed by atoms with Crippen LogP contribution in [0.1, 0.15) is 11.1 Å². The summed E-state index contributed by atoms with van der Waals surface area (Å²) in [5, 5.41) is 2.53. The van der Waals surface area contributed by atoms with Crippen LogP contribution in [-0.4, -0.2) is 4.57 Å². The summed E-state index contributed by atoms with van der Waals surface area (Å²) in [4.78, 5) is 0. The molecule has 0 aliphatic carbocycles. The number of hydrogen-bond acceptors (Lipinski definition) is 0. The first-order chi connectivity index (χ1) is 24.8. The molecule has 0 bridgehead atoms. The van der Waals surface area contributed by atoms with Crippen LogP contribution >= 0.6 is 0 Å². The quantitative estimate of drug-likeness (QED) is 0.164. The van der Waals surface area contributed by atoms with Crippen LogP contribution in [-0.2, 0) is 6.42 Å². The third-order valence-electron chi connectivity index (χ3n) is 9.81. The topological polar surface area (TPSA) is 4.93 Å². The van der Waals surface area contributed by atoms with Gasteiger partial charge < -0.3 is 4.57 Å². The van der Waals surface area contributed by atoms with Gasteiger partial charge in [0.1, 0.15) is 0 Å². The number of para-hydroxylation sites is 2. The second-order valence-corrected chi connectivity index (χ2v) is 13.0. The zero-order valence-corrected chi connectivity index (χ0v) is 27.7. The van der Waals surface area contributed by atoms with Crippen molar-refractivity contribution in [3.8, 4) is 50.2 Å². The molecule has 9 rings (SSSR count). The third-order valence-corrected chi connectivity index (χ3v) is 9.81. The summed E-state index contributed by atoms with van der Waals surface area (Å²) in [5.41, 5.74) is 16.1. The summed E-state index contributed by atoms with van der Waals surface area (Å²) in [6.07, 6.45) is 0.902. The van der Waals surface area contributed by atoms with Crippen molar-refractivity contribution in [2.24, 2.45) is 0 Å². The molecule has 236 valence electrons. The van der Waals surface area contributed by atoms with Crippen molar-refractivity contribution in [3.63, 3.8) is 0 Å². The smallest absolute Gasteiger partial charge is 0.0541 e. The van der Waals surface area contributed by atoms with Gasteiger partial charge in [-0.05, 0) is 105 Å². The normalized spacial score (nSPS) is 11.3. The maximum Gasteiger partial charge on any atom is 0.0541 e. The van der Waals surface area contributed by atoms with Crippen LogP contribution in [0.3, 0.4) is 0 Å². The first kappa shape index (κ1) is 29.7. The molecule has 50 heavy (non-hydrogen) atoms. The van der Waals surface area contributed by atoms with E-state index in [2.05, 4.69) is 205 Å². The summed E-state index contributed by atoms with van der Waals surface area (Å²) in [7, 11) is 0. The van der Waals surface area contributed by atoms with E-state index >= 15 is 0 Å². The lowest BCUT2D eigenvalue weighted by molar-refractivity contribution is 1.18. The van der Waals surface area contributed by atoms with Crippen molar-refractivity contribution in [2.45, 2.75) is 6.42 Å². The number of fused-ring (bicyclic) bond motifs is 3. The Morgan fingerprint density at radius 2 is 0.760 bits per heavy atom. The first-order valence-corrected chi connectivity index (χ1v) is 17.3. The highest BCUT2D eigenvalue weighted by Crippen LogP contribution is 2.36. The fraction of sp³-hybridized carbons (Fsp3) is 0.0204. The highest BCUT2D eigenvalue weighted by Gasteiger charge is 2.13. The van der Waals surface area contributed by atoms with E-state index in [0.717, 1.165) is 6.42 Å². The Hall–Kier alpha value is -6.44. The summed E-state index contributed by atoms with van der Waals surface area (Å²) in [5.74, 6) is 0. The second kappa shape index (κ2) is 12.9. The molecule has 0 aliphatic rings. The Kier molecular flexibility index (Phi) is 7.64. The van der Waals surface area contributed by atoms with Crippen LogP contribution in [0.15, 0.2) is 200 Å². The minimum Gasteiger partial charge on any atom is -0.309 e. The average molecular weight is 638 g/mol. The van der Waals surface area contributed by atoms with Gasteiger partial charge in [0.25, 0.3) is 0 Å². The maximum absolute atomic E-state index is 2.37. The fourth-order valence-electron chi connectivity index (χ4n) is 7.31.